The predicted molar refractivity (Wildman–Crippen MR) is 44.9 cm³/mol. The standard InChI is InChI=1S/C8H10N2O2/c9-8(10-12)7-4-2-1-3-6(7)5-11/h1-4,11-12H,5H2,(H2,9,10). The zero-order valence-electron chi connectivity index (χ0n) is 6.44. The summed E-state index contributed by atoms with van der Waals surface area (Å²) >= 11 is 0. The lowest BCUT2D eigenvalue weighted by Gasteiger charge is -2.03. The number of hydrogen-bond donors (Lipinski definition) is 3. The van der Waals surface area contributed by atoms with Crippen LogP contribution in [0.2, 0.25) is 0 Å². The van der Waals surface area contributed by atoms with Crippen molar-refractivity contribution in [3.63, 3.8) is 0 Å². The Labute approximate surface area is 69.9 Å². The molecule has 64 valence electrons. The minimum Gasteiger partial charge on any atom is -0.409 e. The Balaban J connectivity index is 3.13. The highest BCUT2D eigenvalue weighted by molar-refractivity contribution is 5.98. The molecular formula is C8H10N2O2. The number of rotatable bonds is 2. The monoisotopic (exact) mass is 166 g/mol. The summed E-state index contributed by atoms with van der Waals surface area (Å²) in [5.74, 6) is 0.0136. The molecule has 0 atom stereocenters. The third-order valence-electron chi connectivity index (χ3n) is 1.57. The molecule has 0 bridgehead atoms. The molecule has 0 unspecified atom stereocenters. The maximum Gasteiger partial charge on any atom is 0.170 e. The first-order valence-corrected chi connectivity index (χ1v) is 3.46. The molecule has 0 aliphatic rings. The largest absolute Gasteiger partial charge is 0.409 e. The van der Waals surface area contributed by atoms with Crippen LogP contribution in [0.25, 0.3) is 0 Å². The Bertz CT molecular complexity index is 297. The topological polar surface area (TPSA) is 78.8 Å². The van der Waals surface area contributed by atoms with E-state index in [1.54, 1.807) is 24.3 Å². The fourth-order valence-electron chi connectivity index (χ4n) is 0.962. The van der Waals surface area contributed by atoms with Crippen LogP contribution in [-0.4, -0.2) is 16.1 Å². The van der Waals surface area contributed by atoms with Crippen LogP contribution in [0.4, 0.5) is 0 Å². The fourth-order valence-corrected chi connectivity index (χ4v) is 0.962. The van der Waals surface area contributed by atoms with E-state index in [0.717, 1.165) is 0 Å². The number of amidine groups is 1. The first-order chi connectivity index (χ1) is 5.79. The number of aliphatic hydroxyl groups excluding tert-OH is 1. The van der Waals surface area contributed by atoms with Crippen molar-refractivity contribution in [1.29, 1.82) is 0 Å². The van der Waals surface area contributed by atoms with Gasteiger partial charge in [-0.05, 0) is 5.56 Å². The van der Waals surface area contributed by atoms with Crippen molar-refractivity contribution in [2.24, 2.45) is 10.9 Å². The van der Waals surface area contributed by atoms with Gasteiger partial charge in [-0.15, -0.1) is 0 Å². The normalized spacial score (nSPS) is 11.6. The van der Waals surface area contributed by atoms with Crippen LogP contribution in [0, 0.1) is 0 Å². The summed E-state index contributed by atoms with van der Waals surface area (Å²) in [4.78, 5) is 0. The molecular weight excluding hydrogens is 156 g/mol. The van der Waals surface area contributed by atoms with Gasteiger partial charge in [0, 0.05) is 5.56 Å². The number of hydrogen-bond acceptors (Lipinski definition) is 3. The maximum absolute atomic E-state index is 8.87. The molecule has 0 fully saturated rings. The first-order valence-electron chi connectivity index (χ1n) is 3.46. The molecule has 12 heavy (non-hydrogen) atoms. The maximum atomic E-state index is 8.87. The molecule has 0 heterocycles. The molecule has 0 aliphatic heterocycles. The molecule has 4 nitrogen and oxygen atoms in total. The van der Waals surface area contributed by atoms with Gasteiger partial charge < -0.3 is 16.0 Å². The van der Waals surface area contributed by atoms with Crippen molar-refractivity contribution in [1.82, 2.24) is 0 Å². The highest BCUT2D eigenvalue weighted by Gasteiger charge is 2.03. The Hall–Kier alpha value is -1.55. The lowest BCUT2D eigenvalue weighted by Crippen LogP contribution is -2.15. The number of benzene rings is 1. The quantitative estimate of drug-likeness (QED) is 0.255. The lowest BCUT2D eigenvalue weighted by molar-refractivity contribution is 0.281. The molecule has 0 saturated heterocycles. The highest BCUT2D eigenvalue weighted by atomic mass is 16.4. The van der Waals surface area contributed by atoms with E-state index in [1.165, 1.54) is 0 Å². The number of aliphatic hydroxyl groups is 1. The molecule has 0 radical (unpaired) electrons. The zero-order chi connectivity index (χ0) is 8.97. The van der Waals surface area contributed by atoms with E-state index in [1.807, 2.05) is 0 Å². The second-order valence-corrected chi connectivity index (χ2v) is 2.30. The number of nitrogens with zero attached hydrogens (tertiary/aromatic N) is 1. The van der Waals surface area contributed by atoms with Crippen molar-refractivity contribution in [2.45, 2.75) is 6.61 Å². The molecule has 4 heteroatoms. The van der Waals surface area contributed by atoms with E-state index < -0.39 is 0 Å². The zero-order valence-corrected chi connectivity index (χ0v) is 6.44. The van der Waals surface area contributed by atoms with Gasteiger partial charge >= 0.3 is 0 Å². The molecule has 0 spiro atoms. The molecule has 0 saturated carbocycles. The number of oxime groups is 1. The summed E-state index contributed by atoms with van der Waals surface area (Å²) in [6.07, 6.45) is 0. The summed E-state index contributed by atoms with van der Waals surface area (Å²) in [6.45, 7) is -0.119. The first kappa shape index (κ1) is 8.55. The average Bonchev–Trinajstić information content (AvgIpc) is 2.16. The van der Waals surface area contributed by atoms with Gasteiger partial charge in [-0.3, -0.25) is 0 Å². The molecule has 0 amide bonds. The van der Waals surface area contributed by atoms with Crippen molar-refractivity contribution >= 4 is 5.84 Å². The molecule has 1 aromatic carbocycles. The predicted octanol–water partition coefficient (Wildman–Crippen LogP) is 0.273. The molecule has 1 aromatic rings. The van der Waals surface area contributed by atoms with Gasteiger partial charge in [-0.2, -0.15) is 0 Å². The van der Waals surface area contributed by atoms with Gasteiger partial charge in [0.2, 0.25) is 0 Å². The second kappa shape index (κ2) is 3.73. The summed E-state index contributed by atoms with van der Waals surface area (Å²) in [6, 6.07) is 6.93. The summed E-state index contributed by atoms with van der Waals surface area (Å²) < 4.78 is 0. The Morgan fingerprint density at radius 1 is 1.42 bits per heavy atom. The van der Waals surface area contributed by atoms with E-state index in [4.69, 9.17) is 16.0 Å². The van der Waals surface area contributed by atoms with Gasteiger partial charge in [0.1, 0.15) is 0 Å². The average molecular weight is 166 g/mol. The van der Waals surface area contributed by atoms with Gasteiger partial charge in [0.25, 0.3) is 0 Å². The molecule has 1 rings (SSSR count). The van der Waals surface area contributed by atoms with Crippen molar-refractivity contribution < 1.29 is 10.3 Å². The molecule has 4 N–H and O–H groups in total. The summed E-state index contributed by atoms with van der Waals surface area (Å²) in [5.41, 5.74) is 6.56. The minimum absolute atomic E-state index is 0.0136. The fraction of sp³-hybridized carbons (Fsp3) is 0.125. The summed E-state index contributed by atoms with van der Waals surface area (Å²) in [5, 5.41) is 20.1. The second-order valence-electron chi connectivity index (χ2n) is 2.30. The van der Waals surface area contributed by atoms with Crippen molar-refractivity contribution in [2.75, 3.05) is 0 Å². The molecule has 0 aliphatic carbocycles. The third-order valence-corrected chi connectivity index (χ3v) is 1.57. The van der Waals surface area contributed by atoms with Gasteiger partial charge in [0.15, 0.2) is 5.84 Å². The SMILES string of the molecule is N/C(=N\O)c1ccccc1CO. The summed E-state index contributed by atoms with van der Waals surface area (Å²) in [7, 11) is 0. The van der Waals surface area contributed by atoms with E-state index in [0.29, 0.717) is 11.1 Å². The van der Waals surface area contributed by atoms with Crippen LogP contribution in [0.3, 0.4) is 0 Å². The highest BCUT2D eigenvalue weighted by Crippen LogP contribution is 2.07. The van der Waals surface area contributed by atoms with Crippen LogP contribution in [0.1, 0.15) is 11.1 Å². The van der Waals surface area contributed by atoms with E-state index in [-0.39, 0.29) is 12.4 Å². The lowest BCUT2D eigenvalue weighted by atomic mass is 10.1. The van der Waals surface area contributed by atoms with Crippen molar-refractivity contribution in [3.05, 3.63) is 35.4 Å². The van der Waals surface area contributed by atoms with Crippen LogP contribution in [0.5, 0.6) is 0 Å². The van der Waals surface area contributed by atoms with Gasteiger partial charge in [-0.1, -0.05) is 29.4 Å². The Morgan fingerprint density at radius 2 is 2.08 bits per heavy atom. The van der Waals surface area contributed by atoms with Crippen LogP contribution in [0.15, 0.2) is 29.4 Å². The van der Waals surface area contributed by atoms with E-state index in [2.05, 4.69) is 5.16 Å². The Kier molecular flexibility index (Phi) is 2.66. The Morgan fingerprint density at radius 3 is 2.67 bits per heavy atom. The van der Waals surface area contributed by atoms with E-state index in [9.17, 15) is 0 Å². The van der Waals surface area contributed by atoms with Gasteiger partial charge in [-0.25, -0.2) is 0 Å². The smallest absolute Gasteiger partial charge is 0.170 e. The minimum atomic E-state index is -0.119. The number of nitrogens with two attached hydrogens (primary N) is 1. The van der Waals surface area contributed by atoms with Gasteiger partial charge in [0.05, 0.1) is 6.61 Å². The third kappa shape index (κ3) is 1.54. The molecule has 0 aromatic heterocycles. The van der Waals surface area contributed by atoms with Crippen LogP contribution < -0.4 is 5.73 Å². The van der Waals surface area contributed by atoms with Crippen molar-refractivity contribution in [3.8, 4) is 0 Å². The van der Waals surface area contributed by atoms with E-state index >= 15 is 0 Å². The van der Waals surface area contributed by atoms with Crippen LogP contribution in [-0.2, 0) is 6.61 Å². The van der Waals surface area contributed by atoms with Crippen LogP contribution >= 0.6 is 0 Å².